The Labute approximate surface area is 303 Å². The number of fused-ring (bicyclic) bond motifs is 6. The first kappa shape index (κ1) is 30.4. The standard InChI is InChI=1S/C47H33N3OSi/c1-52(2)39-25-15-13-23-36(39)42-40(52)29-27-34(31-18-8-4-9-19-31)44(42)47-49-45(32-20-10-5-11-21-32)48-46(50-47)43-33(30-16-6-3-7-17-30)26-28-38-41(43)35-22-12-14-24-37(35)51-38/h3-29H,1-2H3. The molecule has 10 rings (SSSR count). The summed E-state index contributed by atoms with van der Waals surface area (Å²) in [4.78, 5) is 16.3. The minimum atomic E-state index is -2.02. The third kappa shape index (κ3) is 4.70. The van der Waals surface area contributed by atoms with E-state index in [9.17, 15) is 0 Å². The van der Waals surface area contributed by atoms with Crippen LogP contribution in [0.25, 0.3) is 89.5 Å². The van der Waals surface area contributed by atoms with Crippen molar-refractivity contribution in [1.82, 2.24) is 15.0 Å². The zero-order chi connectivity index (χ0) is 34.8. The maximum Gasteiger partial charge on any atom is 0.165 e. The summed E-state index contributed by atoms with van der Waals surface area (Å²) in [5.74, 6) is 1.90. The molecule has 0 amide bonds. The van der Waals surface area contributed by atoms with Crippen LogP contribution in [0.4, 0.5) is 0 Å². The highest BCUT2D eigenvalue weighted by molar-refractivity contribution is 7.04. The van der Waals surface area contributed by atoms with Crippen LogP contribution in [0.2, 0.25) is 13.1 Å². The molecular weight excluding hydrogens is 651 g/mol. The molecule has 0 unspecified atom stereocenters. The Kier molecular flexibility index (Phi) is 6.91. The van der Waals surface area contributed by atoms with Gasteiger partial charge in [-0.1, -0.05) is 159 Å². The summed E-state index contributed by atoms with van der Waals surface area (Å²) in [7, 11) is -2.02. The topological polar surface area (TPSA) is 51.8 Å². The number of para-hydroxylation sites is 1. The van der Waals surface area contributed by atoms with E-state index in [1.807, 2.05) is 36.4 Å². The number of nitrogens with zero attached hydrogens (tertiary/aromatic N) is 3. The monoisotopic (exact) mass is 683 g/mol. The third-order valence-electron chi connectivity index (χ3n) is 10.6. The van der Waals surface area contributed by atoms with Crippen LogP contribution in [0.3, 0.4) is 0 Å². The molecule has 9 aromatic rings. The quantitative estimate of drug-likeness (QED) is 0.169. The smallest absolute Gasteiger partial charge is 0.165 e. The van der Waals surface area contributed by atoms with Crippen molar-refractivity contribution in [2.75, 3.05) is 0 Å². The Hall–Kier alpha value is -6.43. The Bertz CT molecular complexity index is 2810. The van der Waals surface area contributed by atoms with Crippen molar-refractivity contribution in [2.24, 2.45) is 0 Å². The van der Waals surface area contributed by atoms with E-state index in [0.717, 1.165) is 60.9 Å². The van der Waals surface area contributed by atoms with Gasteiger partial charge in [0.05, 0.1) is 0 Å². The van der Waals surface area contributed by atoms with Gasteiger partial charge in [-0.2, -0.15) is 0 Å². The summed E-state index contributed by atoms with van der Waals surface area (Å²) >= 11 is 0. The van der Waals surface area contributed by atoms with E-state index in [4.69, 9.17) is 19.4 Å². The third-order valence-corrected chi connectivity index (χ3v) is 14.1. The molecule has 1 aliphatic rings. The second-order valence-electron chi connectivity index (χ2n) is 13.9. The summed E-state index contributed by atoms with van der Waals surface area (Å²) in [5.41, 5.74) is 11.4. The van der Waals surface area contributed by atoms with Crippen molar-refractivity contribution in [2.45, 2.75) is 13.1 Å². The molecule has 0 radical (unpaired) electrons. The lowest BCUT2D eigenvalue weighted by Crippen LogP contribution is -2.49. The second kappa shape index (κ2) is 11.8. The molecule has 5 heteroatoms. The molecule has 246 valence electrons. The number of rotatable bonds is 5. The molecule has 0 saturated heterocycles. The van der Waals surface area contributed by atoms with Gasteiger partial charge in [-0.05, 0) is 62.0 Å². The van der Waals surface area contributed by atoms with Gasteiger partial charge in [0, 0.05) is 27.5 Å². The lowest BCUT2D eigenvalue weighted by molar-refractivity contribution is 0.669. The predicted molar refractivity (Wildman–Crippen MR) is 216 cm³/mol. The van der Waals surface area contributed by atoms with Gasteiger partial charge in [0.15, 0.2) is 17.5 Å². The fourth-order valence-electron chi connectivity index (χ4n) is 8.11. The largest absolute Gasteiger partial charge is 0.456 e. The van der Waals surface area contributed by atoms with Crippen molar-refractivity contribution < 1.29 is 4.42 Å². The molecule has 3 heterocycles. The van der Waals surface area contributed by atoms with Crippen molar-refractivity contribution in [3.05, 3.63) is 164 Å². The summed E-state index contributed by atoms with van der Waals surface area (Å²) in [5, 5.41) is 4.86. The zero-order valence-corrected chi connectivity index (χ0v) is 29.8. The highest BCUT2D eigenvalue weighted by atomic mass is 28.3. The van der Waals surface area contributed by atoms with Gasteiger partial charge >= 0.3 is 0 Å². The Morgan fingerprint density at radius 2 is 0.923 bits per heavy atom. The Balaban J connectivity index is 1.36. The predicted octanol–water partition coefficient (Wildman–Crippen LogP) is 10.9. The minimum absolute atomic E-state index is 0.610. The highest BCUT2D eigenvalue weighted by Crippen LogP contribution is 2.45. The summed E-state index contributed by atoms with van der Waals surface area (Å²) in [6.45, 7) is 4.91. The lowest BCUT2D eigenvalue weighted by Gasteiger charge is -2.21. The maximum atomic E-state index is 6.47. The molecule has 1 aliphatic heterocycles. The van der Waals surface area contributed by atoms with E-state index in [1.54, 1.807) is 0 Å². The molecule has 52 heavy (non-hydrogen) atoms. The van der Waals surface area contributed by atoms with Gasteiger partial charge in [-0.25, -0.2) is 15.0 Å². The minimum Gasteiger partial charge on any atom is -0.456 e. The van der Waals surface area contributed by atoms with E-state index in [2.05, 4.69) is 140 Å². The number of benzene rings is 7. The number of hydrogen-bond acceptors (Lipinski definition) is 4. The molecule has 0 saturated carbocycles. The Morgan fingerprint density at radius 1 is 0.385 bits per heavy atom. The van der Waals surface area contributed by atoms with E-state index in [-0.39, 0.29) is 0 Å². The molecule has 0 N–H and O–H groups in total. The molecular formula is C47H33N3OSi. The van der Waals surface area contributed by atoms with Gasteiger partial charge < -0.3 is 4.42 Å². The average molecular weight is 684 g/mol. The van der Waals surface area contributed by atoms with Crippen LogP contribution in [-0.4, -0.2) is 23.0 Å². The van der Waals surface area contributed by atoms with E-state index < -0.39 is 8.07 Å². The first-order valence-electron chi connectivity index (χ1n) is 17.7. The van der Waals surface area contributed by atoms with Crippen LogP contribution in [0.1, 0.15) is 0 Å². The molecule has 4 nitrogen and oxygen atoms in total. The normalized spacial score (nSPS) is 13.0. The van der Waals surface area contributed by atoms with Gasteiger partial charge in [0.2, 0.25) is 0 Å². The second-order valence-corrected chi connectivity index (χ2v) is 18.3. The van der Waals surface area contributed by atoms with Crippen LogP contribution < -0.4 is 10.4 Å². The van der Waals surface area contributed by atoms with Crippen LogP contribution in [-0.2, 0) is 0 Å². The fraction of sp³-hybridized carbons (Fsp3) is 0.0426. The van der Waals surface area contributed by atoms with Crippen LogP contribution in [0.15, 0.2) is 168 Å². The van der Waals surface area contributed by atoms with E-state index >= 15 is 0 Å². The fourth-order valence-corrected chi connectivity index (χ4v) is 11.2. The van der Waals surface area contributed by atoms with Crippen molar-refractivity contribution in [3.63, 3.8) is 0 Å². The van der Waals surface area contributed by atoms with Gasteiger partial charge in [-0.15, -0.1) is 0 Å². The van der Waals surface area contributed by atoms with Crippen molar-refractivity contribution in [3.8, 4) is 67.5 Å². The zero-order valence-electron chi connectivity index (χ0n) is 28.8. The summed E-state index contributed by atoms with van der Waals surface area (Å²) < 4.78 is 6.47. The van der Waals surface area contributed by atoms with E-state index in [0.29, 0.717) is 17.5 Å². The molecule has 2 aromatic heterocycles. The van der Waals surface area contributed by atoms with Crippen molar-refractivity contribution in [1.29, 1.82) is 0 Å². The van der Waals surface area contributed by atoms with Crippen LogP contribution >= 0.6 is 0 Å². The highest BCUT2D eigenvalue weighted by Gasteiger charge is 2.40. The SMILES string of the molecule is C[Si]1(C)c2ccccc2-c2c1ccc(-c1ccccc1)c2-c1nc(-c2ccccc2)nc(-c2c(-c3ccccc3)ccc3oc4ccccc4c23)n1. The lowest BCUT2D eigenvalue weighted by atomic mass is 9.91. The molecule has 0 atom stereocenters. The van der Waals surface area contributed by atoms with E-state index in [1.165, 1.54) is 21.5 Å². The van der Waals surface area contributed by atoms with Crippen LogP contribution in [0.5, 0.6) is 0 Å². The van der Waals surface area contributed by atoms with Gasteiger partial charge in [0.1, 0.15) is 19.2 Å². The van der Waals surface area contributed by atoms with Crippen molar-refractivity contribution >= 4 is 40.4 Å². The summed E-state index contributed by atoms with van der Waals surface area (Å²) in [6, 6.07) is 57.4. The number of hydrogen-bond donors (Lipinski definition) is 0. The van der Waals surface area contributed by atoms with Crippen LogP contribution in [0, 0.1) is 0 Å². The molecule has 7 aromatic carbocycles. The molecule has 0 aliphatic carbocycles. The first-order chi connectivity index (χ1) is 25.6. The molecule has 0 fully saturated rings. The van der Waals surface area contributed by atoms with Gasteiger partial charge in [0.25, 0.3) is 0 Å². The maximum absolute atomic E-state index is 6.47. The van der Waals surface area contributed by atoms with Gasteiger partial charge in [-0.3, -0.25) is 0 Å². The average Bonchev–Trinajstić information content (AvgIpc) is 3.70. The summed E-state index contributed by atoms with van der Waals surface area (Å²) in [6.07, 6.45) is 0. The first-order valence-corrected chi connectivity index (χ1v) is 20.7. The molecule has 0 bridgehead atoms. The Morgan fingerprint density at radius 3 is 1.63 bits per heavy atom. The number of furan rings is 1. The number of aromatic nitrogens is 3. The molecule has 0 spiro atoms.